The van der Waals surface area contributed by atoms with E-state index in [1.165, 1.54) is 28.9 Å². The maximum atomic E-state index is 1.68. The fourth-order valence-electron chi connectivity index (χ4n) is 4.24. The lowest BCUT2D eigenvalue weighted by Crippen LogP contribution is -2.35. The Bertz CT molecular complexity index is 161. The third-order valence-corrected chi connectivity index (χ3v) is 7.56. The van der Waals surface area contributed by atoms with Crippen molar-refractivity contribution in [1.29, 1.82) is 0 Å². The Hall–Kier alpha value is 0.350. The highest BCUT2D eigenvalue weighted by Gasteiger charge is 2.71. The summed E-state index contributed by atoms with van der Waals surface area (Å²) in [6.45, 7) is 0. The lowest BCUT2D eigenvalue weighted by atomic mass is 9.81. The summed E-state index contributed by atoms with van der Waals surface area (Å²) in [4.78, 5) is 0. The Balaban J connectivity index is 1.98. The van der Waals surface area contributed by atoms with Gasteiger partial charge >= 0.3 is 0 Å². The monoisotopic (exact) mass is 153 g/mol. The van der Waals surface area contributed by atoms with E-state index in [0.29, 0.717) is 0 Å². The summed E-state index contributed by atoms with van der Waals surface area (Å²) in [5, 5.41) is 1.26. The topological polar surface area (TPSA) is 0 Å². The SMILES string of the molecule is C1[C@H]2C[C@@H]3[C@@H]1[C@H]1C[S+]3C[C@H]21. The van der Waals surface area contributed by atoms with Crippen LogP contribution in [0, 0.1) is 23.7 Å². The molecule has 4 fully saturated rings. The van der Waals surface area contributed by atoms with Crippen LogP contribution in [0.4, 0.5) is 0 Å². The average Bonchev–Trinajstić information content (AvgIpc) is 2.54. The smallest absolute Gasteiger partial charge is 0.0417 e. The zero-order chi connectivity index (χ0) is 6.29. The molecule has 2 saturated heterocycles. The number of hydrogen-bond acceptors (Lipinski definition) is 0. The Morgan fingerprint density at radius 1 is 0.900 bits per heavy atom. The van der Waals surface area contributed by atoms with Crippen LogP contribution in [-0.4, -0.2) is 16.8 Å². The highest BCUT2D eigenvalue weighted by atomic mass is 32.2. The van der Waals surface area contributed by atoms with Crippen molar-refractivity contribution in [2.24, 2.45) is 23.7 Å². The quantitative estimate of drug-likeness (QED) is 0.460. The summed E-state index contributed by atoms with van der Waals surface area (Å²) in [6.07, 6.45) is 3.32. The fourth-order valence-corrected chi connectivity index (χ4v) is 8.20. The Morgan fingerprint density at radius 2 is 1.80 bits per heavy atom. The molecule has 2 saturated carbocycles. The van der Waals surface area contributed by atoms with Gasteiger partial charge in [0.15, 0.2) is 0 Å². The van der Waals surface area contributed by atoms with Crippen molar-refractivity contribution in [3.8, 4) is 0 Å². The van der Waals surface area contributed by atoms with Crippen molar-refractivity contribution < 1.29 is 0 Å². The second kappa shape index (κ2) is 1.31. The van der Waals surface area contributed by atoms with Crippen molar-refractivity contribution >= 4 is 10.9 Å². The number of fused-ring (bicyclic) bond motifs is 4. The lowest BCUT2D eigenvalue weighted by molar-refractivity contribution is 0.286. The fraction of sp³-hybridized carbons (Fsp3) is 1.00. The standard InChI is InChI=1S/C9H13S/c1-5-2-9-6(1)8-4-10(9)3-7(5)8/h5-9H,1-4H2/q+1/t5-,6-,7+,8+,9+,10?/m0/s1. The van der Waals surface area contributed by atoms with Crippen LogP contribution in [0.2, 0.25) is 0 Å². The van der Waals surface area contributed by atoms with Crippen LogP contribution in [0.3, 0.4) is 0 Å². The highest BCUT2D eigenvalue weighted by molar-refractivity contribution is 7.98. The van der Waals surface area contributed by atoms with E-state index in [1.807, 2.05) is 0 Å². The Kier molecular flexibility index (Phi) is 0.663. The van der Waals surface area contributed by atoms with Gasteiger partial charge in [-0.25, -0.2) is 0 Å². The van der Waals surface area contributed by atoms with Gasteiger partial charge in [0.1, 0.15) is 16.8 Å². The molecule has 0 nitrogen and oxygen atoms in total. The van der Waals surface area contributed by atoms with Crippen LogP contribution < -0.4 is 0 Å². The Morgan fingerprint density at radius 3 is 2.50 bits per heavy atom. The average molecular weight is 153 g/mol. The number of rotatable bonds is 0. The van der Waals surface area contributed by atoms with Crippen LogP contribution >= 0.6 is 0 Å². The first-order chi connectivity index (χ1) is 4.93. The molecule has 0 amide bonds. The molecule has 1 heteroatoms. The van der Waals surface area contributed by atoms with Crippen LogP contribution in [0.5, 0.6) is 0 Å². The molecule has 6 atom stereocenters. The first-order valence-corrected chi connectivity index (χ1v) is 6.22. The lowest BCUT2D eigenvalue weighted by Gasteiger charge is -2.27. The third-order valence-electron chi connectivity index (χ3n) is 4.53. The Labute approximate surface area is 64.7 Å². The van der Waals surface area contributed by atoms with Crippen LogP contribution in [0.15, 0.2) is 0 Å². The molecule has 4 aliphatic rings. The molecule has 0 N–H and O–H groups in total. The summed E-state index contributed by atoms with van der Waals surface area (Å²) in [5.74, 6) is 8.34. The van der Waals surface area contributed by atoms with E-state index in [0.717, 1.165) is 10.9 Å². The predicted molar refractivity (Wildman–Crippen MR) is 44.1 cm³/mol. The number of hydrogen-bond donors (Lipinski definition) is 0. The van der Waals surface area contributed by atoms with E-state index in [4.69, 9.17) is 0 Å². The van der Waals surface area contributed by atoms with E-state index in [9.17, 15) is 0 Å². The van der Waals surface area contributed by atoms with E-state index < -0.39 is 0 Å². The van der Waals surface area contributed by atoms with Gasteiger partial charge in [0.25, 0.3) is 0 Å². The minimum atomic E-state index is 0.963. The van der Waals surface area contributed by atoms with Gasteiger partial charge in [0.2, 0.25) is 0 Å². The van der Waals surface area contributed by atoms with Crippen molar-refractivity contribution in [2.45, 2.75) is 18.1 Å². The molecule has 0 aromatic rings. The maximum Gasteiger partial charge on any atom is 0.121 e. The molecule has 2 aliphatic heterocycles. The summed E-state index contributed by atoms with van der Waals surface area (Å²) in [7, 11) is 0.963. The highest BCUT2D eigenvalue weighted by Crippen LogP contribution is 2.65. The second-order valence-electron chi connectivity index (χ2n) is 4.63. The first-order valence-electron chi connectivity index (χ1n) is 4.60. The predicted octanol–water partition coefficient (Wildman–Crippen LogP) is 1.27. The van der Waals surface area contributed by atoms with Gasteiger partial charge in [0.05, 0.1) is 0 Å². The molecule has 0 aromatic carbocycles. The summed E-state index contributed by atoms with van der Waals surface area (Å²) < 4.78 is 0. The van der Waals surface area contributed by atoms with Crippen molar-refractivity contribution in [3.05, 3.63) is 0 Å². The zero-order valence-electron chi connectivity index (χ0n) is 6.12. The largest absolute Gasteiger partial charge is 0.121 e. The normalized spacial score (nSPS) is 74.4. The minimum Gasteiger partial charge on any atom is -0.0417 e. The van der Waals surface area contributed by atoms with Gasteiger partial charge in [-0.2, -0.15) is 0 Å². The molecular formula is C9H13S+. The minimum absolute atomic E-state index is 0.963. The van der Waals surface area contributed by atoms with Gasteiger partial charge in [-0.05, 0) is 29.7 Å². The molecule has 0 aromatic heterocycles. The van der Waals surface area contributed by atoms with Gasteiger partial charge in [-0.1, -0.05) is 0 Å². The molecule has 10 heavy (non-hydrogen) atoms. The first kappa shape index (κ1) is 5.08. The summed E-state index contributed by atoms with van der Waals surface area (Å²) in [5.41, 5.74) is 0. The van der Waals surface area contributed by atoms with Crippen LogP contribution in [0.25, 0.3) is 0 Å². The maximum absolute atomic E-state index is 1.68. The van der Waals surface area contributed by atoms with E-state index in [1.54, 1.807) is 24.3 Å². The van der Waals surface area contributed by atoms with Crippen LogP contribution in [0.1, 0.15) is 12.8 Å². The zero-order valence-corrected chi connectivity index (χ0v) is 6.94. The molecule has 0 spiro atoms. The molecule has 54 valence electrons. The molecule has 2 heterocycles. The van der Waals surface area contributed by atoms with Gasteiger partial charge in [-0.3, -0.25) is 0 Å². The molecule has 0 radical (unpaired) electrons. The van der Waals surface area contributed by atoms with Gasteiger partial charge in [-0.15, -0.1) is 0 Å². The van der Waals surface area contributed by atoms with E-state index in [-0.39, 0.29) is 0 Å². The van der Waals surface area contributed by atoms with E-state index in [2.05, 4.69) is 0 Å². The summed E-state index contributed by atoms with van der Waals surface area (Å²) >= 11 is 0. The molecular weight excluding hydrogens is 140 g/mol. The molecule has 4 rings (SSSR count). The molecule has 2 aliphatic carbocycles. The van der Waals surface area contributed by atoms with Gasteiger partial charge < -0.3 is 0 Å². The second-order valence-corrected chi connectivity index (χ2v) is 6.98. The van der Waals surface area contributed by atoms with E-state index >= 15 is 0 Å². The summed E-state index contributed by atoms with van der Waals surface area (Å²) in [6, 6.07) is 0. The van der Waals surface area contributed by atoms with Crippen LogP contribution in [-0.2, 0) is 10.9 Å². The third kappa shape index (κ3) is 0.341. The molecule has 1 unspecified atom stereocenters. The van der Waals surface area contributed by atoms with Crippen molar-refractivity contribution in [2.75, 3.05) is 11.5 Å². The molecule has 4 bridgehead atoms. The van der Waals surface area contributed by atoms with Crippen molar-refractivity contribution in [3.63, 3.8) is 0 Å². The van der Waals surface area contributed by atoms with Crippen molar-refractivity contribution in [1.82, 2.24) is 0 Å². The van der Waals surface area contributed by atoms with Gasteiger partial charge in [0, 0.05) is 17.8 Å².